The van der Waals surface area contributed by atoms with Crippen LogP contribution in [0.3, 0.4) is 0 Å². The highest BCUT2D eigenvalue weighted by Gasteiger charge is 2.22. The molecule has 0 bridgehead atoms. The van der Waals surface area contributed by atoms with E-state index in [0.29, 0.717) is 17.9 Å². The Hall–Kier alpha value is -1.81. The standard InChI is InChI=1S/C15H21NO3/c1-5-10-19-13-9-7-6-8-12(13)14(17)16(4)11-15(2,3)18/h5-9,18H,1,10-11H2,2-4H3. The van der Waals surface area contributed by atoms with Crippen LogP contribution >= 0.6 is 0 Å². The highest BCUT2D eigenvalue weighted by molar-refractivity contribution is 5.96. The van der Waals surface area contributed by atoms with E-state index < -0.39 is 5.60 Å². The van der Waals surface area contributed by atoms with Gasteiger partial charge in [0.1, 0.15) is 12.4 Å². The van der Waals surface area contributed by atoms with E-state index in [-0.39, 0.29) is 12.5 Å². The number of rotatable bonds is 6. The second-order valence-corrected chi connectivity index (χ2v) is 5.07. The molecule has 0 aliphatic carbocycles. The lowest BCUT2D eigenvalue weighted by Gasteiger charge is -2.26. The topological polar surface area (TPSA) is 49.8 Å². The summed E-state index contributed by atoms with van der Waals surface area (Å²) in [6, 6.07) is 7.05. The smallest absolute Gasteiger partial charge is 0.257 e. The zero-order valence-electron chi connectivity index (χ0n) is 11.7. The summed E-state index contributed by atoms with van der Waals surface area (Å²) in [5.74, 6) is 0.344. The van der Waals surface area contributed by atoms with Gasteiger partial charge in [0.05, 0.1) is 11.2 Å². The molecule has 4 heteroatoms. The Morgan fingerprint density at radius 1 is 1.47 bits per heavy atom. The third-order valence-corrected chi connectivity index (χ3v) is 2.44. The maximum Gasteiger partial charge on any atom is 0.257 e. The quantitative estimate of drug-likeness (QED) is 0.800. The molecule has 0 unspecified atom stereocenters. The predicted octanol–water partition coefficient (Wildman–Crippen LogP) is 2.09. The molecule has 104 valence electrons. The number of ether oxygens (including phenoxy) is 1. The lowest BCUT2D eigenvalue weighted by Crippen LogP contribution is -2.39. The van der Waals surface area contributed by atoms with Crippen LogP contribution in [0.2, 0.25) is 0 Å². The molecular formula is C15H21NO3. The Bertz CT molecular complexity index is 449. The molecule has 1 N–H and O–H groups in total. The summed E-state index contributed by atoms with van der Waals surface area (Å²) < 4.78 is 5.46. The van der Waals surface area contributed by atoms with Gasteiger partial charge in [-0.25, -0.2) is 0 Å². The van der Waals surface area contributed by atoms with Crippen molar-refractivity contribution < 1.29 is 14.6 Å². The predicted molar refractivity (Wildman–Crippen MR) is 75.4 cm³/mol. The second-order valence-electron chi connectivity index (χ2n) is 5.07. The van der Waals surface area contributed by atoms with Crippen LogP contribution in [0.15, 0.2) is 36.9 Å². The number of hydrogen-bond acceptors (Lipinski definition) is 3. The van der Waals surface area contributed by atoms with Crippen LogP contribution in [-0.2, 0) is 0 Å². The number of carbonyl (C=O) groups is 1. The first-order valence-corrected chi connectivity index (χ1v) is 6.15. The zero-order valence-corrected chi connectivity index (χ0v) is 11.7. The third kappa shape index (κ3) is 4.75. The van der Waals surface area contributed by atoms with E-state index in [2.05, 4.69) is 6.58 Å². The minimum absolute atomic E-state index is 0.179. The Labute approximate surface area is 114 Å². The van der Waals surface area contributed by atoms with E-state index in [4.69, 9.17) is 4.74 Å². The first-order chi connectivity index (χ1) is 8.85. The SMILES string of the molecule is C=CCOc1ccccc1C(=O)N(C)CC(C)(C)O. The summed E-state index contributed by atoms with van der Waals surface area (Å²) in [6.07, 6.45) is 1.63. The van der Waals surface area contributed by atoms with Gasteiger partial charge in [-0.3, -0.25) is 4.79 Å². The molecular weight excluding hydrogens is 242 g/mol. The van der Waals surface area contributed by atoms with Crippen LogP contribution in [0, 0.1) is 0 Å². The lowest BCUT2D eigenvalue weighted by atomic mass is 10.1. The molecule has 1 aromatic carbocycles. The molecule has 4 nitrogen and oxygen atoms in total. The van der Waals surface area contributed by atoms with Crippen molar-refractivity contribution in [3.05, 3.63) is 42.5 Å². The fourth-order valence-corrected chi connectivity index (χ4v) is 1.78. The molecule has 1 aromatic rings. The molecule has 0 heterocycles. The number of aliphatic hydroxyl groups is 1. The van der Waals surface area contributed by atoms with Crippen LogP contribution < -0.4 is 4.74 Å². The summed E-state index contributed by atoms with van der Waals surface area (Å²) in [5.41, 5.74) is -0.447. The average molecular weight is 263 g/mol. The summed E-state index contributed by atoms with van der Waals surface area (Å²) >= 11 is 0. The third-order valence-electron chi connectivity index (χ3n) is 2.44. The normalized spacial score (nSPS) is 10.9. The monoisotopic (exact) mass is 263 g/mol. The number of hydrogen-bond donors (Lipinski definition) is 1. The minimum Gasteiger partial charge on any atom is -0.489 e. The zero-order chi connectivity index (χ0) is 14.5. The van der Waals surface area contributed by atoms with Crippen molar-refractivity contribution in [2.24, 2.45) is 0 Å². The van der Waals surface area contributed by atoms with Crippen molar-refractivity contribution in [3.63, 3.8) is 0 Å². The molecule has 0 aliphatic rings. The van der Waals surface area contributed by atoms with Crippen molar-refractivity contribution in [2.75, 3.05) is 20.2 Å². The van der Waals surface area contributed by atoms with Gasteiger partial charge < -0.3 is 14.7 Å². The Morgan fingerprint density at radius 2 is 2.11 bits per heavy atom. The van der Waals surface area contributed by atoms with Gasteiger partial charge >= 0.3 is 0 Å². The van der Waals surface area contributed by atoms with Crippen molar-refractivity contribution >= 4 is 5.91 Å². The summed E-state index contributed by atoms with van der Waals surface area (Å²) in [5, 5.41) is 9.76. The van der Waals surface area contributed by atoms with Crippen LogP contribution in [0.1, 0.15) is 24.2 Å². The molecule has 0 spiro atoms. The second kappa shape index (κ2) is 6.38. The molecule has 1 rings (SSSR count). The molecule has 19 heavy (non-hydrogen) atoms. The van der Waals surface area contributed by atoms with Crippen molar-refractivity contribution in [3.8, 4) is 5.75 Å². The summed E-state index contributed by atoms with van der Waals surface area (Å²) in [7, 11) is 1.66. The summed E-state index contributed by atoms with van der Waals surface area (Å²) in [4.78, 5) is 13.8. The van der Waals surface area contributed by atoms with E-state index in [0.717, 1.165) is 0 Å². The molecule has 0 saturated heterocycles. The fraction of sp³-hybridized carbons (Fsp3) is 0.400. The van der Waals surface area contributed by atoms with E-state index in [1.54, 1.807) is 45.2 Å². The van der Waals surface area contributed by atoms with Crippen molar-refractivity contribution in [1.82, 2.24) is 4.90 Å². The maximum absolute atomic E-state index is 12.3. The van der Waals surface area contributed by atoms with Crippen LogP contribution in [-0.4, -0.2) is 41.7 Å². The number of amides is 1. The van der Waals surface area contributed by atoms with Crippen LogP contribution in [0.4, 0.5) is 0 Å². The molecule has 0 saturated carbocycles. The Balaban J connectivity index is 2.89. The highest BCUT2D eigenvalue weighted by Crippen LogP contribution is 2.20. The van der Waals surface area contributed by atoms with E-state index in [1.165, 1.54) is 4.90 Å². The van der Waals surface area contributed by atoms with E-state index in [9.17, 15) is 9.90 Å². The number of nitrogens with zero attached hydrogens (tertiary/aromatic N) is 1. The average Bonchev–Trinajstić information content (AvgIpc) is 2.33. The Kier molecular flexibility index (Phi) is 5.12. The Morgan fingerprint density at radius 3 is 2.68 bits per heavy atom. The number of benzene rings is 1. The van der Waals surface area contributed by atoms with Gasteiger partial charge in [0.25, 0.3) is 5.91 Å². The summed E-state index contributed by atoms with van der Waals surface area (Å²) in [6.45, 7) is 7.51. The van der Waals surface area contributed by atoms with Gasteiger partial charge in [-0.05, 0) is 26.0 Å². The van der Waals surface area contributed by atoms with Crippen LogP contribution in [0.25, 0.3) is 0 Å². The minimum atomic E-state index is -0.929. The molecule has 0 aliphatic heterocycles. The number of carbonyl (C=O) groups excluding carboxylic acids is 1. The van der Waals surface area contributed by atoms with E-state index >= 15 is 0 Å². The van der Waals surface area contributed by atoms with Gasteiger partial charge in [0.2, 0.25) is 0 Å². The van der Waals surface area contributed by atoms with Gasteiger partial charge in [-0.1, -0.05) is 24.8 Å². The van der Waals surface area contributed by atoms with Gasteiger partial charge in [-0.15, -0.1) is 0 Å². The first kappa shape index (κ1) is 15.2. The van der Waals surface area contributed by atoms with Gasteiger partial charge in [0.15, 0.2) is 0 Å². The van der Waals surface area contributed by atoms with Gasteiger partial charge in [-0.2, -0.15) is 0 Å². The molecule has 0 fully saturated rings. The molecule has 0 aromatic heterocycles. The van der Waals surface area contributed by atoms with E-state index in [1.807, 2.05) is 6.07 Å². The maximum atomic E-state index is 12.3. The first-order valence-electron chi connectivity index (χ1n) is 6.15. The molecule has 1 amide bonds. The fourth-order valence-electron chi connectivity index (χ4n) is 1.78. The van der Waals surface area contributed by atoms with Gasteiger partial charge in [0, 0.05) is 13.6 Å². The van der Waals surface area contributed by atoms with Crippen molar-refractivity contribution in [2.45, 2.75) is 19.4 Å². The largest absolute Gasteiger partial charge is 0.489 e. The molecule has 0 atom stereocenters. The number of para-hydroxylation sites is 1. The number of likely N-dealkylation sites (N-methyl/N-ethyl adjacent to an activating group) is 1. The lowest BCUT2D eigenvalue weighted by molar-refractivity contribution is 0.0366. The highest BCUT2D eigenvalue weighted by atomic mass is 16.5. The van der Waals surface area contributed by atoms with Crippen molar-refractivity contribution in [1.29, 1.82) is 0 Å². The van der Waals surface area contributed by atoms with Crippen LogP contribution in [0.5, 0.6) is 5.75 Å². The molecule has 0 radical (unpaired) electrons.